The summed E-state index contributed by atoms with van der Waals surface area (Å²) in [6, 6.07) is 0. The predicted molar refractivity (Wildman–Crippen MR) is 48.8 cm³/mol. The summed E-state index contributed by atoms with van der Waals surface area (Å²) in [5, 5.41) is 28.4. The fourth-order valence-electron chi connectivity index (χ4n) is 1.51. The molecule has 84 valence electrons. The quantitative estimate of drug-likeness (QED) is 0.546. The van der Waals surface area contributed by atoms with Crippen LogP contribution < -0.4 is 0 Å². The van der Waals surface area contributed by atoms with Crippen LogP contribution in [0.4, 0.5) is 0 Å². The number of rotatable bonds is 3. The van der Waals surface area contributed by atoms with Crippen molar-refractivity contribution in [2.45, 2.75) is 44.4 Å². The van der Waals surface area contributed by atoms with Gasteiger partial charge in [-0.1, -0.05) is 0 Å². The Morgan fingerprint density at radius 2 is 1.79 bits per heavy atom. The number of hydrogen-bond donors (Lipinski definition) is 3. The molecule has 3 N–H and O–H groups in total. The van der Waals surface area contributed by atoms with E-state index in [9.17, 15) is 15.3 Å². The molecule has 1 aliphatic rings. The van der Waals surface area contributed by atoms with Crippen LogP contribution in [0.1, 0.15) is 13.8 Å². The first-order chi connectivity index (χ1) is 6.57. The van der Waals surface area contributed by atoms with Gasteiger partial charge in [0.25, 0.3) is 0 Å². The van der Waals surface area contributed by atoms with Crippen LogP contribution in [-0.4, -0.2) is 59.1 Å². The smallest absolute Gasteiger partial charge is 0.111 e. The van der Waals surface area contributed by atoms with Gasteiger partial charge in [0, 0.05) is 6.61 Å². The molecule has 0 aromatic rings. The van der Waals surface area contributed by atoms with Crippen LogP contribution in [0.15, 0.2) is 0 Å². The standard InChI is InChI=1S/C9H18O5/c1-3-13-4-6-8(11)9(12)7(10)5(2)14-6/h5-12H,3-4H2,1-2H3/t5?,6-,7+,8-,9-/m1/s1. The first kappa shape index (κ1) is 11.9. The second-order valence-electron chi connectivity index (χ2n) is 3.51. The van der Waals surface area contributed by atoms with Crippen LogP contribution in [0.5, 0.6) is 0 Å². The number of aliphatic hydroxyl groups is 3. The van der Waals surface area contributed by atoms with E-state index in [4.69, 9.17) is 9.47 Å². The number of ether oxygens (including phenoxy) is 2. The second-order valence-corrected chi connectivity index (χ2v) is 3.51. The summed E-state index contributed by atoms with van der Waals surface area (Å²) < 4.78 is 10.4. The van der Waals surface area contributed by atoms with E-state index in [0.717, 1.165) is 0 Å². The summed E-state index contributed by atoms with van der Waals surface area (Å²) in [5.74, 6) is 0. The van der Waals surface area contributed by atoms with Gasteiger partial charge in [0.05, 0.1) is 12.7 Å². The highest BCUT2D eigenvalue weighted by molar-refractivity contribution is 4.90. The molecule has 1 aliphatic heterocycles. The molecule has 0 aliphatic carbocycles. The zero-order valence-electron chi connectivity index (χ0n) is 8.46. The maximum absolute atomic E-state index is 9.54. The molecule has 0 aromatic heterocycles. The lowest BCUT2D eigenvalue weighted by Gasteiger charge is -2.39. The second kappa shape index (κ2) is 5.04. The Labute approximate surface area is 83.3 Å². The lowest BCUT2D eigenvalue weighted by Crippen LogP contribution is -2.57. The summed E-state index contributed by atoms with van der Waals surface area (Å²) in [4.78, 5) is 0. The van der Waals surface area contributed by atoms with Crippen molar-refractivity contribution >= 4 is 0 Å². The van der Waals surface area contributed by atoms with E-state index in [2.05, 4.69) is 0 Å². The van der Waals surface area contributed by atoms with Crippen molar-refractivity contribution in [1.29, 1.82) is 0 Å². The molecule has 1 saturated heterocycles. The minimum Gasteiger partial charge on any atom is -0.388 e. The molecule has 14 heavy (non-hydrogen) atoms. The third-order valence-electron chi connectivity index (χ3n) is 2.44. The van der Waals surface area contributed by atoms with Crippen LogP contribution in [0, 0.1) is 0 Å². The minimum absolute atomic E-state index is 0.228. The Morgan fingerprint density at radius 3 is 2.36 bits per heavy atom. The average molecular weight is 206 g/mol. The van der Waals surface area contributed by atoms with Gasteiger partial charge in [-0.25, -0.2) is 0 Å². The van der Waals surface area contributed by atoms with Crippen molar-refractivity contribution in [3.63, 3.8) is 0 Å². The topological polar surface area (TPSA) is 79.2 Å². The van der Waals surface area contributed by atoms with Crippen LogP contribution >= 0.6 is 0 Å². The number of hydrogen-bond acceptors (Lipinski definition) is 5. The van der Waals surface area contributed by atoms with Crippen LogP contribution in [-0.2, 0) is 9.47 Å². The maximum atomic E-state index is 9.54. The van der Waals surface area contributed by atoms with E-state index >= 15 is 0 Å². The normalized spacial score (nSPS) is 43.9. The van der Waals surface area contributed by atoms with Crippen LogP contribution in [0.2, 0.25) is 0 Å². The summed E-state index contributed by atoms with van der Waals surface area (Å²) in [6.07, 6.45) is -4.35. The lowest BCUT2D eigenvalue weighted by atomic mass is 9.96. The molecular weight excluding hydrogens is 188 g/mol. The summed E-state index contributed by atoms with van der Waals surface area (Å²) in [7, 11) is 0. The Hall–Kier alpha value is -0.200. The highest BCUT2D eigenvalue weighted by Gasteiger charge is 2.41. The third-order valence-corrected chi connectivity index (χ3v) is 2.44. The molecule has 0 radical (unpaired) electrons. The van der Waals surface area contributed by atoms with E-state index in [0.29, 0.717) is 6.61 Å². The molecule has 0 saturated carbocycles. The van der Waals surface area contributed by atoms with Crippen molar-refractivity contribution in [3.05, 3.63) is 0 Å². The van der Waals surface area contributed by atoms with Crippen molar-refractivity contribution in [2.24, 2.45) is 0 Å². The van der Waals surface area contributed by atoms with E-state index in [1.165, 1.54) is 0 Å². The molecule has 0 amide bonds. The third kappa shape index (κ3) is 2.43. The van der Waals surface area contributed by atoms with Gasteiger partial charge < -0.3 is 24.8 Å². The predicted octanol–water partition coefficient (Wildman–Crippen LogP) is -1.11. The zero-order valence-corrected chi connectivity index (χ0v) is 8.46. The van der Waals surface area contributed by atoms with E-state index in [-0.39, 0.29) is 6.61 Å². The lowest BCUT2D eigenvalue weighted by molar-refractivity contribution is -0.227. The van der Waals surface area contributed by atoms with E-state index in [1.54, 1.807) is 6.92 Å². The van der Waals surface area contributed by atoms with Gasteiger partial charge in [-0.15, -0.1) is 0 Å². The minimum atomic E-state index is -1.16. The molecule has 0 bridgehead atoms. The van der Waals surface area contributed by atoms with Gasteiger partial charge in [0.2, 0.25) is 0 Å². The van der Waals surface area contributed by atoms with Gasteiger partial charge in [-0.3, -0.25) is 0 Å². The van der Waals surface area contributed by atoms with Crippen molar-refractivity contribution in [2.75, 3.05) is 13.2 Å². The maximum Gasteiger partial charge on any atom is 0.111 e. The first-order valence-corrected chi connectivity index (χ1v) is 4.85. The zero-order chi connectivity index (χ0) is 10.7. The van der Waals surface area contributed by atoms with E-state index < -0.39 is 30.5 Å². The van der Waals surface area contributed by atoms with Crippen LogP contribution in [0.3, 0.4) is 0 Å². The van der Waals surface area contributed by atoms with Crippen molar-refractivity contribution in [3.8, 4) is 0 Å². The van der Waals surface area contributed by atoms with Gasteiger partial charge in [0.15, 0.2) is 0 Å². The summed E-state index contributed by atoms with van der Waals surface area (Å²) in [6.45, 7) is 4.24. The number of aliphatic hydroxyl groups excluding tert-OH is 3. The fraction of sp³-hybridized carbons (Fsp3) is 1.00. The monoisotopic (exact) mass is 206 g/mol. The highest BCUT2D eigenvalue weighted by atomic mass is 16.6. The Morgan fingerprint density at radius 1 is 1.14 bits per heavy atom. The molecular formula is C9H18O5. The van der Waals surface area contributed by atoms with Crippen molar-refractivity contribution in [1.82, 2.24) is 0 Å². The van der Waals surface area contributed by atoms with Gasteiger partial charge in [0.1, 0.15) is 24.4 Å². The van der Waals surface area contributed by atoms with E-state index in [1.807, 2.05) is 6.92 Å². The van der Waals surface area contributed by atoms with Gasteiger partial charge >= 0.3 is 0 Å². The summed E-state index contributed by atoms with van der Waals surface area (Å²) in [5.41, 5.74) is 0. The molecule has 1 heterocycles. The molecule has 1 unspecified atom stereocenters. The molecule has 5 heteroatoms. The molecule has 0 aromatic carbocycles. The van der Waals surface area contributed by atoms with Gasteiger partial charge in [-0.05, 0) is 13.8 Å². The molecule has 1 rings (SSSR count). The fourth-order valence-corrected chi connectivity index (χ4v) is 1.51. The molecule has 5 nitrogen and oxygen atoms in total. The summed E-state index contributed by atoms with van der Waals surface area (Å²) >= 11 is 0. The Kier molecular flexibility index (Phi) is 4.28. The molecule has 1 fully saturated rings. The first-order valence-electron chi connectivity index (χ1n) is 4.85. The Balaban J connectivity index is 2.52. The molecule has 5 atom stereocenters. The average Bonchev–Trinajstić information content (AvgIpc) is 2.18. The highest BCUT2D eigenvalue weighted by Crippen LogP contribution is 2.20. The largest absolute Gasteiger partial charge is 0.388 e. The van der Waals surface area contributed by atoms with Crippen LogP contribution in [0.25, 0.3) is 0 Å². The Bertz CT molecular complexity index is 175. The SMILES string of the molecule is CCOC[C@H]1OC(C)[C@H](O)[C@@H](O)[C@@H]1O. The molecule has 0 spiro atoms. The van der Waals surface area contributed by atoms with Crippen molar-refractivity contribution < 1.29 is 24.8 Å². The van der Waals surface area contributed by atoms with Gasteiger partial charge in [-0.2, -0.15) is 0 Å².